The van der Waals surface area contributed by atoms with E-state index in [2.05, 4.69) is 20.0 Å². The number of aryl methyl sites for hydroxylation is 1. The molecule has 0 fully saturated rings. The summed E-state index contributed by atoms with van der Waals surface area (Å²) < 4.78 is 52.5. The van der Waals surface area contributed by atoms with Crippen molar-refractivity contribution in [3.63, 3.8) is 0 Å². The summed E-state index contributed by atoms with van der Waals surface area (Å²) in [5.41, 5.74) is 1.30. The maximum Gasteiger partial charge on any atom is 0.264 e. The van der Waals surface area contributed by atoms with E-state index in [-0.39, 0.29) is 22.2 Å². The summed E-state index contributed by atoms with van der Waals surface area (Å²) in [7, 11) is -7.70. The largest absolute Gasteiger partial charge is 0.325 e. The number of aromatic nitrogens is 2. The molecule has 0 saturated carbocycles. The van der Waals surface area contributed by atoms with Gasteiger partial charge in [-0.2, -0.15) is 0 Å². The van der Waals surface area contributed by atoms with E-state index < -0.39 is 32.5 Å². The second-order valence-corrected chi connectivity index (χ2v) is 10.9. The number of hydrogen-bond donors (Lipinski definition) is 2. The molecule has 1 amide bonds. The van der Waals surface area contributed by atoms with Crippen LogP contribution in [0.25, 0.3) is 0 Å². The van der Waals surface area contributed by atoms with E-state index in [9.17, 15) is 21.6 Å². The van der Waals surface area contributed by atoms with Crippen molar-refractivity contribution in [2.45, 2.75) is 11.8 Å². The van der Waals surface area contributed by atoms with Crippen LogP contribution < -0.4 is 14.3 Å². The predicted molar refractivity (Wildman–Crippen MR) is 126 cm³/mol. The van der Waals surface area contributed by atoms with Gasteiger partial charge in [-0.15, -0.1) is 0 Å². The number of carbonyl (C=O) groups excluding carboxylic acids is 1. The Morgan fingerprint density at radius 3 is 2.24 bits per heavy atom. The standard InChI is InChI=1S/C20H20ClN5O5S2/c1-14-4-7-16(12-18(14)21)26(32(2,28)29)13-19(27)24-15-5-8-17(9-6-15)33(30,31)25-20-22-10-3-11-23-20/h3-12H,13H2,1-2H3,(H,24,27)(H,22,23,25). The SMILES string of the molecule is Cc1ccc(N(CC(=O)Nc2ccc(S(=O)(=O)Nc3ncccn3)cc2)S(C)(=O)=O)cc1Cl. The third-order valence-electron chi connectivity index (χ3n) is 4.37. The van der Waals surface area contributed by atoms with Gasteiger partial charge in [0.05, 0.1) is 16.8 Å². The Morgan fingerprint density at radius 1 is 1.03 bits per heavy atom. The fraction of sp³-hybridized carbons (Fsp3) is 0.150. The first kappa shape index (κ1) is 24.4. The number of nitrogens with zero attached hydrogens (tertiary/aromatic N) is 3. The maximum absolute atomic E-state index is 12.5. The molecule has 2 N–H and O–H groups in total. The minimum Gasteiger partial charge on any atom is -0.325 e. The number of amides is 1. The number of hydrogen-bond acceptors (Lipinski definition) is 7. The van der Waals surface area contributed by atoms with E-state index in [0.717, 1.165) is 16.1 Å². The Morgan fingerprint density at radius 2 is 1.67 bits per heavy atom. The van der Waals surface area contributed by atoms with Crippen molar-refractivity contribution in [3.05, 3.63) is 71.5 Å². The zero-order valence-corrected chi connectivity index (χ0v) is 19.9. The Labute approximate surface area is 196 Å². The van der Waals surface area contributed by atoms with Crippen LogP contribution >= 0.6 is 11.6 Å². The molecule has 174 valence electrons. The molecule has 1 heterocycles. The highest BCUT2D eigenvalue weighted by atomic mass is 35.5. The van der Waals surface area contributed by atoms with Gasteiger partial charge in [0, 0.05) is 23.1 Å². The van der Waals surface area contributed by atoms with Gasteiger partial charge in [-0.3, -0.25) is 9.10 Å². The number of benzene rings is 2. The Bertz CT molecular complexity index is 1370. The summed E-state index contributed by atoms with van der Waals surface area (Å²) in [5.74, 6) is -0.699. The molecule has 0 bridgehead atoms. The van der Waals surface area contributed by atoms with E-state index in [1.807, 2.05) is 0 Å². The first-order valence-electron chi connectivity index (χ1n) is 9.39. The molecule has 0 saturated heterocycles. The Kier molecular flexibility index (Phi) is 7.20. The summed E-state index contributed by atoms with van der Waals surface area (Å²) in [5, 5.41) is 2.92. The Balaban J connectivity index is 1.72. The molecule has 33 heavy (non-hydrogen) atoms. The first-order chi connectivity index (χ1) is 15.5. The van der Waals surface area contributed by atoms with Crippen LogP contribution in [0.4, 0.5) is 17.3 Å². The summed E-state index contributed by atoms with van der Waals surface area (Å²) in [4.78, 5) is 20.1. The van der Waals surface area contributed by atoms with Gasteiger partial charge in [0.25, 0.3) is 10.0 Å². The molecular weight excluding hydrogens is 490 g/mol. The van der Waals surface area contributed by atoms with Crippen molar-refractivity contribution in [1.29, 1.82) is 0 Å². The lowest BCUT2D eigenvalue weighted by atomic mass is 10.2. The molecule has 3 aromatic rings. The van der Waals surface area contributed by atoms with Crippen molar-refractivity contribution in [2.24, 2.45) is 0 Å². The van der Waals surface area contributed by atoms with Gasteiger partial charge in [0.15, 0.2) is 0 Å². The minimum atomic E-state index is -3.93. The molecule has 1 aromatic heterocycles. The topological polar surface area (TPSA) is 138 Å². The van der Waals surface area contributed by atoms with Crippen molar-refractivity contribution >= 4 is 54.9 Å². The smallest absolute Gasteiger partial charge is 0.264 e. The van der Waals surface area contributed by atoms with Gasteiger partial charge in [-0.25, -0.2) is 31.5 Å². The third-order valence-corrected chi connectivity index (χ3v) is 7.26. The van der Waals surface area contributed by atoms with Crippen molar-refractivity contribution < 1.29 is 21.6 Å². The van der Waals surface area contributed by atoms with Crippen LogP contribution in [0.5, 0.6) is 0 Å². The fourth-order valence-electron chi connectivity index (χ4n) is 2.72. The summed E-state index contributed by atoms with van der Waals surface area (Å²) in [6.07, 6.45) is 3.78. The number of anilines is 3. The molecular formula is C20H20ClN5O5S2. The van der Waals surface area contributed by atoms with Crippen LogP contribution in [0.1, 0.15) is 5.56 Å². The van der Waals surface area contributed by atoms with Gasteiger partial charge >= 0.3 is 0 Å². The molecule has 0 radical (unpaired) electrons. The quantitative estimate of drug-likeness (QED) is 0.476. The van der Waals surface area contributed by atoms with E-state index in [0.29, 0.717) is 5.02 Å². The molecule has 13 heteroatoms. The number of carbonyl (C=O) groups is 1. The molecule has 0 aliphatic rings. The van der Waals surface area contributed by atoms with Crippen molar-refractivity contribution in [3.8, 4) is 0 Å². The highest BCUT2D eigenvalue weighted by Gasteiger charge is 2.22. The predicted octanol–water partition coefficient (Wildman–Crippen LogP) is 2.64. The first-order valence-corrected chi connectivity index (χ1v) is 13.1. The van der Waals surface area contributed by atoms with Gasteiger partial charge in [-0.1, -0.05) is 17.7 Å². The van der Waals surface area contributed by atoms with Crippen LogP contribution in [0, 0.1) is 6.92 Å². The lowest BCUT2D eigenvalue weighted by Crippen LogP contribution is -2.37. The van der Waals surface area contributed by atoms with E-state index >= 15 is 0 Å². The van der Waals surface area contributed by atoms with E-state index in [1.54, 1.807) is 25.1 Å². The monoisotopic (exact) mass is 509 g/mol. The van der Waals surface area contributed by atoms with Crippen LogP contribution in [0.2, 0.25) is 5.02 Å². The van der Waals surface area contributed by atoms with E-state index in [4.69, 9.17) is 11.6 Å². The average Bonchev–Trinajstić information content (AvgIpc) is 2.74. The molecule has 0 aliphatic carbocycles. The van der Waals surface area contributed by atoms with Gasteiger partial charge < -0.3 is 5.32 Å². The van der Waals surface area contributed by atoms with Crippen LogP contribution in [0.15, 0.2) is 65.8 Å². The average molecular weight is 510 g/mol. The number of sulfonamides is 2. The maximum atomic E-state index is 12.5. The number of nitrogens with one attached hydrogen (secondary N) is 2. The third kappa shape index (κ3) is 6.40. The van der Waals surface area contributed by atoms with Crippen LogP contribution in [-0.4, -0.2) is 45.5 Å². The molecule has 10 nitrogen and oxygen atoms in total. The highest BCUT2D eigenvalue weighted by Crippen LogP contribution is 2.25. The highest BCUT2D eigenvalue weighted by molar-refractivity contribution is 7.92. The lowest BCUT2D eigenvalue weighted by Gasteiger charge is -2.22. The second-order valence-electron chi connectivity index (χ2n) is 6.95. The molecule has 2 aromatic carbocycles. The van der Waals surface area contributed by atoms with Crippen molar-refractivity contribution in [2.75, 3.05) is 27.1 Å². The number of halogens is 1. The van der Waals surface area contributed by atoms with E-state index in [1.165, 1.54) is 42.7 Å². The fourth-order valence-corrected chi connectivity index (χ4v) is 4.70. The molecule has 0 aliphatic heterocycles. The second kappa shape index (κ2) is 9.73. The minimum absolute atomic E-state index is 0.0694. The van der Waals surface area contributed by atoms with Crippen molar-refractivity contribution in [1.82, 2.24) is 9.97 Å². The number of rotatable bonds is 8. The molecule has 0 unspecified atom stereocenters. The summed E-state index contributed by atoms with van der Waals surface area (Å²) >= 11 is 6.09. The Hall–Kier alpha value is -3.22. The van der Waals surface area contributed by atoms with Crippen LogP contribution in [0.3, 0.4) is 0 Å². The molecule has 0 atom stereocenters. The summed E-state index contributed by atoms with van der Waals surface area (Å²) in [6.45, 7) is 1.28. The van der Waals surface area contributed by atoms with Gasteiger partial charge in [-0.05, 0) is 55.0 Å². The van der Waals surface area contributed by atoms with Gasteiger partial charge in [0.2, 0.25) is 21.9 Å². The zero-order valence-electron chi connectivity index (χ0n) is 17.6. The molecule has 0 spiro atoms. The normalized spacial score (nSPS) is 11.6. The lowest BCUT2D eigenvalue weighted by molar-refractivity contribution is -0.114. The summed E-state index contributed by atoms with van der Waals surface area (Å²) in [6, 6.07) is 11.6. The molecule has 3 rings (SSSR count). The van der Waals surface area contributed by atoms with Crippen LogP contribution in [-0.2, 0) is 24.8 Å². The van der Waals surface area contributed by atoms with Gasteiger partial charge in [0.1, 0.15) is 6.54 Å². The zero-order chi connectivity index (χ0) is 24.2.